The number of benzene rings is 2. The second-order valence-electron chi connectivity index (χ2n) is 6.44. The highest BCUT2D eigenvalue weighted by atomic mass is 35.5. The van der Waals surface area contributed by atoms with Crippen molar-refractivity contribution in [2.75, 3.05) is 10.6 Å². The van der Waals surface area contributed by atoms with Crippen molar-refractivity contribution in [3.8, 4) is 11.1 Å². The van der Waals surface area contributed by atoms with Crippen LogP contribution in [0.5, 0.6) is 0 Å². The number of aryl methyl sites for hydroxylation is 1. The number of halogens is 1. The molecule has 0 bridgehead atoms. The first-order valence-corrected chi connectivity index (χ1v) is 9.21. The Bertz CT molecular complexity index is 1120. The van der Waals surface area contributed by atoms with Crippen molar-refractivity contribution < 1.29 is 19.5 Å². The number of ketones is 1. The van der Waals surface area contributed by atoms with Crippen LogP contribution in [0.15, 0.2) is 54.9 Å². The predicted molar refractivity (Wildman–Crippen MR) is 113 cm³/mol. The maximum absolute atomic E-state index is 12.6. The van der Waals surface area contributed by atoms with Gasteiger partial charge in [0.05, 0.1) is 30.2 Å². The number of anilines is 2. The third-order valence-electron chi connectivity index (χ3n) is 4.24. The van der Waals surface area contributed by atoms with Crippen molar-refractivity contribution in [3.63, 3.8) is 0 Å². The molecule has 0 aliphatic rings. The number of Topliss-reactive ketones (excluding diaryl/α,β-unsaturated/α-hetero) is 1. The van der Waals surface area contributed by atoms with Crippen LogP contribution in [0.4, 0.5) is 16.2 Å². The fraction of sp³-hybridized carbons (Fsp3) is 0.0952. The summed E-state index contributed by atoms with van der Waals surface area (Å²) in [5.41, 5.74) is 2.90. The largest absolute Gasteiger partial charge is 0.465 e. The number of nitrogens with zero attached hydrogens (tertiary/aromatic N) is 2. The first-order valence-electron chi connectivity index (χ1n) is 8.84. The van der Waals surface area contributed by atoms with Gasteiger partial charge in [-0.2, -0.15) is 10.2 Å². The van der Waals surface area contributed by atoms with Gasteiger partial charge in [-0.1, -0.05) is 29.8 Å². The molecule has 0 spiro atoms. The molecular formula is C21H17ClN4O4. The first-order chi connectivity index (χ1) is 14.3. The molecule has 9 heteroatoms. The van der Waals surface area contributed by atoms with Crippen LogP contribution in [-0.4, -0.2) is 33.1 Å². The minimum absolute atomic E-state index is 0.164. The van der Waals surface area contributed by atoms with Crippen molar-refractivity contribution in [2.24, 2.45) is 0 Å². The van der Waals surface area contributed by atoms with Gasteiger partial charge in [0.1, 0.15) is 0 Å². The Labute approximate surface area is 176 Å². The Balaban J connectivity index is 1.75. The molecule has 0 aliphatic heterocycles. The fourth-order valence-electron chi connectivity index (χ4n) is 2.78. The van der Waals surface area contributed by atoms with Gasteiger partial charge in [0.2, 0.25) is 5.91 Å². The summed E-state index contributed by atoms with van der Waals surface area (Å²) in [6.45, 7) is 1.70. The van der Waals surface area contributed by atoms with Gasteiger partial charge in [-0.25, -0.2) is 4.79 Å². The molecule has 30 heavy (non-hydrogen) atoms. The zero-order chi connectivity index (χ0) is 21.7. The van der Waals surface area contributed by atoms with Gasteiger partial charge in [-0.3, -0.25) is 14.9 Å². The molecular weight excluding hydrogens is 408 g/mol. The third kappa shape index (κ3) is 5.18. The van der Waals surface area contributed by atoms with Crippen LogP contribution in [0.3, 0.4) is 0 Å². The summed E-state index contributed by atoms with van der Waals surface area (Å²) < 4.78 is 0. The third-order valence-corrected chi connectivity index (χ3v) is 4.64. The van der Waals surface area contributed by atoms with E-state index in [4.69, 9.17) is 16.7 Å². The molecule has 8 nitrogen and oxygen atoms in total. The van der Waals surface area contributed by atoms with Gasteiger partial charge in [0, 0.05) is 16.1 Å². The monoisotopic (exact) mass is 424 g/mol. The van der Waals surface area contributed by atoms with E-state index >= 15 is 0 Å². The fourth-order valence-corrected chi connectivity index (χ4v) is 2.94. The molecule has 3 N–H and O–H groups in total. The first kappa shape index (κ1) is 20.9. The second-order valence-corrected chi connectivity index (χ2v) is 6.84. The SMILES string of the molecule is Cc1cc(NC(=O)O)c(NC(=O)CC(=O)c2cccc(-c3ccnnc3)c2)cc1Cl. The predicted octanol–water partition coefficient (Wildman–Crippen LogP) is 4.41. The molecule has 0 atom stereocenters. The number of aromatic nitrogens is 2. The molecule has 1 aromatic heterocycles. The Kier molecular flexibility index (Phi) is 6.38. The lowest BCUT2D eigenvalue weighted by Gasteiger charge is -2.13. The molecule has 0 aliphatic carbocycles. The van der Waals surface area contributed by atoms with E-state index in [1.54, 1.807) is 43.6 Å². The van der Waals surface area contributed by atoms with Crippen molar-refractivity contribution in [2.45, 2.75) is 13.3 Å². The number of amides is 2. The van der Waals surface area contributed by atoms with Crippen molar-refractivity contribution in [3.05, 3.63) is 71.0 Å². The number of hydrogen-bond donors (Lipinski definition) is 3. The number of rotatable bonds is 6. The quantitative estimate of drug-likeness (QED) is 0.398. The van der Waals surface area contributed by atoms with Gasteiger partial charge in [0.25, 0.3) is 0 Å². The average molecular weight is 425 g/mol. The van der Waals surface area contributed by atoms with Crippen LogP contribution < -0.4 is 10.6 Å². The van der Waals surface area contributed by atoms with E-state index < -0.39 is 18.4 Å². The minimum atomic E-state index is -1.29. The molecule has 3 rings (SSSR count). The van der Waals surface area contributed by atoms with Crippen LogP contribution in [0.1, 0.15) is 22.3 Å². The summed E-state index contributed by atoms with van der Waals surface area (Å²) in [4.78, 5) is 36.0. The highest BCUT2D eigenvalue weighted by Crippen LogP contribution is 2.29. The van der Waals surface area contributed by atoms with Crippen LogP contribution in [0.25, 0.3) is 11.1 Å². The number of carbonyl (C=O) groups excluding carboxylic acids is 2. The van der Waals surface area contributed by atoms with E-state index in [-0.39, 0.29) is 17.2 Å². The van der Waals surface area contributed by atoms with Crippen LogP contribution >= 0.6 is 11.6 Å². The summed E-state index contributed by atoms with van der Waals surface area (Å²) in [5.74, 6) is -0.980. The number of carbonyl (C=O) groups is 3. The van der Waals surface area contributed by atoms with Gasteiger partial charge in [0.15, 0.2) is 5.78 Å². The van der Waals surface area contributed by atoms with Crippen LogP contribution in [-0.2, 0) is 4.79 Å². The van der Waals surface area contributed by atoms with E-state index in [2.05, 4.69) is 20.8 Å². The van der Waals surface area contributed by atoms with E-state index in [0.29, 0.717) is 16.1 Å². The van der Waals surface area contributed by atoms with Crippen LogP contribution in [0.2, 0.25) is 5.02 Å². The molecule has 3 aromatic rings. The molecule has 0 fully saturated rings. The van der Waals surface area contributed by atoms with E-state index in [1.807, 2.05) is 6.07 Å². The summed E-state index contributed by atoms with van der Waals surface area (Å²) in [6.07, 6.45) is 1.42. The molecule has 0 radical (unpaired) electrons. The van der Waals surface area contributed by atoms with Crippen LogP contribution in [0, 0.1) is 6.92 Å². The highest BCUT2D eigenvalue weighted by molar-refractivity contribution is 6.32. The summed E-state index contributed by atoms with van der Waals surface area (Å²) in [6, 6.07) is 11.5. The second kappa shape index (κ2) is 9.15. The number of nitrogens with one attached hydrogen (secondary N) is 2. The van der Waals surface area contributed by atoms with Crippen molar-refractivity contribution in [1.29, 1.82) is 0 Å². The number of carboxylic acid groups (broad SMARTS) is 1. The maximum Gasteiger partial charge on any atom is 0.409 e. The van der Waals surface area contributed by atoms with E-state index in [9.17, 15) is 14.4 Å². The zero-order valence-corrected chi connectivity index (χ0v) is 16.6. The Morgan fingerprint density at radius 2 is 1.77 bits per heavy atom. The Hall–Kier alpha value is -3.78. The molecule has 2 amide bonds. The molecule has 0 saturated carbocycles. The summed E-state index contributed by atoms with van der Waals surface area (Å²) in [7, 11) is 0. The van der Waals surface area contributed by atoms with Gasteiger partial charge in [-0.15, -0.1) is 0 Å². The lowest BCUT2D eigenvalue weighted by Crippen LogP contribution is -2.18. The maximum atomic E-state index is 12.6. The highest BCUT2D eigenvalue weighted by Gasteiger charge is 2.16. The minimum Gasteiger partial charge on any atom is -0.465 e. The molecule has 152 valence electrons. The lowest BCUT2D eigenvalue weighted by atomic mass is 10.0. The van der Waals surface area contributed by atoms with Crippen molar-refractivity contribution in [1.82, 2.24) is 10.2 Å². The van der Waals surface area contributed by atoms with Gasteiger partial charge in [-0.05, 0) is 42.3 Å². The Morgan fingerprint density at radius 3 is 2.47 bits per heavy atom. The standard InChI is InChI=1S/C21H17ClN4O4/c1-12-7-17(26-21(29)30)18(9-16(12)22)25-20(28)10-19(27)14-4-2-3-13(8-14)15-5-6-23-24-11-15/h2-9,11,26H,10H2,1H3,(H,25,28)(H,29,30). The molecule has 0 unspecified atom stereocenters. The van der Waals surface area contributed by atoms with Gasteiger partial charge >= 0.3 is 6.09 Å². The normalized spacial score (nSPS) is 10.3. The summed E-state index contributed by atoms with van der Waals surface area (Å²) in [5, 5.41) is 21.6. The van der Waals surface area contributed by atoms with Gasteiger partial charge < -0.3 is 10.4 Å². The zero-order valence-electron chi connectivity index (χ0n) is 15.8. The molecule has 2 aromatic carbocycles. The lowest BCUT2D eigenvalue weighted by molar-refractivity contribution is -0.115. The molecule has 0 saturated heterocycles. The Morgan fingerprint density at radius 1 is 1.00 bits per heavy atom. The summed E-state index contributed by atoms with van der Waals surface area (Å²) >= 11 is 6.08. The van der Waals surface area contributed by atoms with E-state index in [0.717, 1.165) is 11.1 Å². The number of hydrogen-bond acceptors (Lipinski definition) is 5. The smallest absolute Gasteiger partial charge is 0.409 e. The average Bonchev–Trinajstić information content (AvgIpc) is 2.72. The topological polar surface area (TPSA) is 121 Å². The van der Waals surface area contributed by atoms with E-state index in [1.165, 1.54) is 12.1 Å². The molecule has 1 heterocycles. The van der Waals surface area contributed by atoms with Crippen molar-refractivity contribution >= 4 is 40.8 Å².